The van der Waals surface area contributed by atoms with Crippen LogP contribution in [-0.2, 0) is 17.4 Å². The van der Waals surface area contributed by atoms with Crippen LogP contribution in [-0.4, -0.2) is 21.7 Å². The number of carbonyl (C=O) groups is 1. The van der Waals surface area contributed by atoms with Gasteiger partial charge in [-0.2, -0.15) is 0 Å². The molecule has 3 nitrogen and oxygen atoms in total. The molecule has 1 aromatic heterocycles. The van der Waals surface area contributed by atoms with Crippen molar-refractivity contribution >= 4 is 17.5 Å². The van der Waals surface area contributed by atoms with Crippen LogP contribution in [0.25, 0.3) is 0 Å². The summed E-state index contributed by atoms with van der Waals surface area (Å²) < 4.78 is 2.18. The molecule has 0 aliphatic carbocycles. The highest BCUT2D eigenvalue weighted by Gasteiger charge is 2.28. The molecule has 0 atom stereocenters. The zero-order chi connectivity index (χ0) is 21.3. The summed E-state index contributed by atoms with van der Waals surface area (Å²) in [6.45, 7) is 15.5. The highest BCUT2D eigenvalue weighted by Crippen LogP contribution is 2.40. The predicted octanol–water partition coefficient (Wildman–Crippen LogP) is 6.54. The summed E-state index contributed by atoms with van der Waals surface area (Å²) in [5, 5.41) is 12.0. The molecule has 0 aliphatic rings. The van der Waals surface area contributed by atoms with Crippen molar-refractivity contribution in [3.8, 4) is 5.75 Å². The largest absolute Gasteiger partial charge is 0.507 e. The third-order valence-electron chi connectivity index (χ3n) is 5.07. The molecule has 1 N–H and O–H groups in total. The second-order valence-electron chi connectivity index (χ2n) is 9.57. The lowest BCUT2D eigenvalue weighted by Crippen LogP contribution is -2.19. The molecule has 2 rings (SSSR count). The number of aryl methyl sites for hydroxylation is 1. The average molecular weight is 402 g/mol. The first-order valence-electron chi connectivity index (χ1n) is 10.1. The van der Waals surface area contributed by atoms with Gasteiger partial charge < -0.3 is 9.67 Å². The molecule has 0 bridgehead atoms. The highest BCUT2D eigenvalue weighted by molar-refractivity contribution is 7.98. The van der Waals surface area contributed by atoms with Crippen molar-refractivity contribution in [1.29, 1.82) is 0 Å². The monoisotopic (exact) mass is 401 g/mol. The van der Waals surface area contributed by atoms with Crippen LogP contribution in [0.15, 0.2) is 29.4 Å². The van der Waals surface area contributed by atoms with Gasteiger partial charge >= 0.3 is 0 Å². The van der Waals surface area contributed by atoms with Gasteiger partial charge in [-0.15, -0.1) is 11.8 Å². The van der Waals surface area contributed by atoms with Crippen LogP contribution in [0.3, 0.4) is 0 Å². The van der Waals surface area contributed by atoms with Crippen LogP contribution in [0.5, 0.6) is 5.75 Å². The van der Waals surface area contributed by atoms with Crippen molar-refractivity contribution in [2.24, 2.45) is 0 Å². The van der Waals surface area contributed by atoms with Gasteiger partial charge in [0.05, 0.1) is 5.03 Å². The molecule has 28 heavy (non-hydrogen) atoms. The van der Waals surface area contributed by atoms with Crippen LogP contribution in [0, 0.1) is 0 Å². The molecule has 0 aliphatic heterocycles. The lowest BCUT2D eigenvalue weighted by Gasteiger charge is -2.28. The molecule has 0 radical (unpaired) electrons. The van der Waals surface area contributed by atoms with E-state index < -0.39 is 0 Å². The molecule has 4 heteroatoms. The minimum atomic E-state index is -0.252. The van der Waals surface area contributed by atoms with Gasteiger partial charge in [-0.05, 0) is 41.7 Å². The van der Waals surface area contributed by atoms with E-state index in [2.05, 4.69) is 53.0 Å². The summed E-state index contributed by atoms with van der Waals surface area (Å²) >= 11 is 1.67. The van der Waals surface area contributed by atoms with Gasteiger partial charge in [-0.25, -0.2) is 0 Å². The number of unbranched alkanes of at least 4 members (excludes halogenated alkanes) is 1. The molecule has 2 aromatic rings. The Balaban J connectivity index is 2.58. The first-order valence-corrected chi connectivity index (χ1v) is 11.3. The van der Waals surface area contributed by atoms with E-state index >= 15 is 0 Å². The number of thioether (sulfide) groups is 1. The fourth-order valence-corrected chi connectivity index (χ4v) is 3.99. The lowest BCUT2D eigenvalue weighted by molar-refractivity contribution is 0.103. The number of carbonyl (C=O) groups excluding carboxylic acids is 1. The molecule has 0 fully saturated rings. The van der Waals surface area contributed by atoms with Gasteiger partial charge in [-0.1, -0.05) is 54.9 Å². The fourth-order valence-electron chi connectivity index (χ4n) is 3.36. The van der Waals surface area contributed by atoms with Crippen molar-refractivity contribution < 1.29 is 9.90 Å². The third-order valence-corrected chi connectivity index (χ3v) is 5.84. The summed E-state index contributed by atoms with van der Waals surface area (Å²) in [4.78, 5) is 13.4. The molecular weight excluding hydrogens is 366 g/mol. The Morgan fingerprint density at radius 2 is 1.54 bits per heavy atom. The van der Waals surface area contributed by atoms with E-state index in [1.165, 1.54) is 0 Å². The number of hydrogen-bond donors (Lipinski definition) is 1. The number of rotatable bonds is 6. The molecule has 154 valence electrons. The number of phenolic OH excluding ortho intramolecular Hbond substituents is 1. The Morgan fingerprint density at radius 3 is 1.96 bits per heavy atom. The van der Waals surface area contributed by atoms with Gasteiger partial charge in [0, 0.05) is 35.0 Å². The average Bonchev–Trinajstić information content (AvgIpc) is 3.00. The topological polar surface area (TPSA) is 42.2 Å². The van der Waals surface area contributed by atoms with Crippen molar-refractivity contribution in [3.63, 3.8) is 0 Å². The van der Waals surface area contributed by atoms with Crippen LogP contribution in [0.1, 0.15) is 88.4 Å². The standard InChI is InChI=1S/C24H35NO2S/c1-9-10-11-25-15-17(14-20(25)28-8)21(26)16-12-18(23(2,3)4)22(27)19(13-16)24(5,6)7/h12-15,27H,9-11H2,1-8H3. The zero-order valence-corrected chi connectivity index (χ0v) is 19.5. The van der Waals surface area contributed by atoms with Crippen LogP contribution in [0.2, 0.25) is 0 Å². The normalized spacial score (nSPS) is 12.4. The van der Waals surface area contributed by atoms with Gasteiger partial charge in [-0.3, -0.25) is 4.79 Å². The van der Waals surface area contributed by atoms with Gasteiger partial charge in [0.2, 0.25) is 0 Å². The molecule has 0 saturated carbocycles. The Hall–Kier alpha value is -1.68. The van der Waals surface area contributed by atoms with E-state index in [1.807, 2.05) is 30.7 Å². The SMILES string of the molecule is CCCCn1cc(C(=O)c2cc(C(C)(C)C)c(O)c(C(C)(C)C)c2)cc1SC. The van der Waals surface area contributed by atoms with Crippen LogP contribution in [0.4, 0.5) is 0 Å². The third kappa shape index (κ3) is 4.83. The van der Waals surface area contributed by atoms with Crippen molar-refractivity contribution in [2.45, 2.75) is 83.7 Å². The maximum atomic E-state index is 13.4. The predicted molar refractivity (Wildman–Crippen MR) is 120 cm³/mol. The maximum Gasteiger partial charge on any atom is 0.194 e. The number of phenols is 1. The number of ketones is 1. The summed E-state index contributed by atoms with van der Waals surface area (Å²) in [6.07, 6.45) is 6.24. The minimum Gasteiger partial charge on any atom is -0.507 e. The molecule has 1 aromatic carbocycles. The van der Waals surface area contributed by atoms with E-state index in [-0.39, 0.29) is 16.6 Å². The van der Waals surface area contributed by atoms with E-state index in [1.54, 1.807) is 11.8 Å². The Kier molecular flexibility index (Phi) is 6.75. The summed E-state index contributed by atoms with van der Waals surface area (Å²) in [7, 11) is 0. The maximum absolute atomic E-state index is 13.4. The van der Waals surface area contributed by atoms with Crippen molar-refractivity contribution in [2.75, 3.05) is 6.26 Å². The number of aromatic hydroxyl groups is 1. The number of nitrogens with zero attached hydrogens (tertiary/aromatic N) is 1. The smallest absolute Gasteiger partial charge is 0.194 e. The Morgan fingerprint density at radius 1 is 1.00 bits per heavy atom. The number of benzene rings is 1. The Labute approximate surface area is 174 Å². The van der Waals surface area contributed by atoms with Gasteiger partial charge in [0.25, 0.3) is 0 Å². The zero-order valence-electron chi connectivity index (χ0n) is 18.6. The fraction of sp³-hybridized carbons (Fsp3) is 0.542. The summed E-state index contributed by atoms with van der Waals surface area (Å²) in [6, 6.07) is 5.73. The first kappa shape index (κ1) is 22.6. The molecule has 0 unspecified atom stereocenters. The van der Waals surface area contributed by atoms with Gasteiger partial charge in [0.1, 0.15) is 5.75 Å². The second-order valence-corrected chi connectivity index (χ2v) is 10.4. The lowest BCUT2D eigenvalue weighted by atomic mass is 9.78. The summed E-state index contributed by atoms with van der Waals surface area (Å²) in [5.41, 5.74) is 2.49. The molecule has 1 heterocycles. The first-order chi connectivity index (χ1) is 12.9. The van der Waals surface area contributed by atoms with Crippen molar-refractivity contribution in [3.05, 3.63) is 46.6 Å². The van der Waals surface area contributed by atoms with Crippen LogP contribution < -0.4 is 0 Å². The van der Waals surface area contributed by atoms with Gasteiger partial charge in [0.15, 0.2) is 5.78 Å². The van der Waals surface area contributed by atoms with E-state index in [9.17, 15) is 9.90 Å². The van der Waals surface area contributed by atoms with Crippen LogP contribution >= 0.6 is 11.8 Å². The highest BCUT2D eigenvalue weighted by atomic mass is 32.2. The van der Waals surface area contributed by atoms with Crippen molar-refractivity contribution in [1.82, 2.24) is 4.57 Å². The molecule has 0 amide bonds. The molecule has 0 spiro atoms. The molecular formula is C24H35NO2S. The second kappa shape index (κ2) is 8.36. The van der Waals surface area contributed by atoms with E-state index in [0.29, 0.717) is 16.9 Å². The van der Waals surface area contributed by atoms with E-state index in [0.717, 1.165) is 35.5 Å². The summed E-state index contributed by atoms with van der Waals surface area (Å²) in [5.74, 6) is 0.323. The number of aromatic nitrogens is 1. The number of hydrogen-bond acceptors (Lipinski definition) is 3. The quantitative estimate of drug-likeness (QED) is 0.441. The molecule has 0 saturated heterocycles. The Bertz CT molecular complexity index is 815. The van der Waals surface area contributed by atoms with E-state index in [4.69, 9.17) is 0 Å². The minimum absolute atomic E-state index is 0.0153.